The number of imide groups is 1. The van der Waals surface area contributed by atoms with Crippen LogP contribution in [0.1, 0.15) is 26.3 Å². The third-order valence-electron chi connectivity index (χ3n) is 3.51. The number of halogens is 3. The Morgan fingerprint density at radius 2 is 1.62 bits per heavy atom. The van der Waals surface area contributed by atoms with Crippen LogP contribution in [-0.2, 0) is 6.18 Å². The summed E-state index contributed by atoms with van der Waals surface area (Å²) in [5.74, 6) is -1.73. The Kier molecular flexibility index (Phi) is 3.36. The van der Waals surface area contributed by atoms with Gasteiger partial charge in [0.15, 0.2) is 0 Å². The number of non-ortho nitro benzene ring substituents is 1. The molecule has 0 saturated carbocycles. The minimum atomic E-state index is -4.63. The van der Waals surface area contributed by atoms with Crippen molar-refractivity contribution >= 4 is 23.2 Å². The first-order chi connectivity index (χ1) is 11.2. The van der Waals surface area contributed by atoms with Crippen LogP contribution in [0.4, 0.5) is 24.5 Å². The summed E-state index contributed by atoms with van der Waals surface area (Å²) < 4.78 is 38.4. The minimum absolute atomic E-state index is 0.0944. The van der Waals surface area contributed by atoms with E-state index in [-0.39, 0.29) is 22.5 Å². The molecule has 1 aliphatic heterocycles. The molecule has 9 heteroatoms. The van der Waals surface area contributed by atoms with E-state index >= 15 is 0 Å². The zero-order chi connectivity index (χ0) is 17.6. The molecule has 1 heterocycles. The fourth-order valence-electron chi connectivity index (χ4n) is 2.40. The number of nitro benzene ring substituents is 1. The second-order valence-corrected chi connectivity index (χ2v) is 4.98. The van der Waals surface area contributed by atoms with Gasteiger partial charge in [-0.2, -0.15) is 13.2 Å². The minimum Gasteiger partial charge on any atom is -0.268 e. The predicted molar refractivity (Wildman–Crippen MR) is 75.7 cm³/mol. The lowest BCUT2D eigenvalue weighted by molar-refractivity contribution is -0.384. The molecule has 0 aliphatic carbocycles. The van der Waals surface area contributed by atoms with Gasteiger partial charge in [0.1, 0.15) is 0 Å². The van der Waals surface area contributed by atoms with Gasteiger partial charge in [0.25, 0.3) is 17.5 Å². The number of carbonyl (C=O) groups excluding carboxylic acids is 2. The van der Waals surface area contributed by atoms with Gasteiger partial charge in [0.05, 0.1) is 27.3 Å². The van der Waals surface area contributed by atoms with E-state index in [0.717, 1.165) is 30.3 Å². The van der Waals surface area contributed by atoms with Crippen molar-refractivity contribution in [2.24, 2.45) is 0 Å². The number of nitro groups is 1. The van der Waals surface area contributed by atoms with Gasteiger partial charge < -0.3 is 0 Å². The summed E-state index contributed by atoms with van der Waals surface area (Å²) in [6.07, 6.45) is -4.63. The van der Waals surface area contributed by atoms with E-state index in [9.17, 15) is 32.9 Å². The van der Waals surface area contributed by atoms with Crippen LogP contribution in [0.5, 0.6) is 0 Å². The first kappa shape index (κ1) is 15.7. The van der Waals surface area contributed by atoms with Gasteiger partial charge in [0, 0.05) is 12.1 Å². The number of carbonyl (C=O) groups is 2. The topological polar surface area (TPSA) is 80.5 Å². The molecule has 2 aromatic carbocycles. The molecule has 0 aromatic heterocycles. The summed E-state index contributed by atoms with van der Waals surface area (Å²) in [5.41, 5.74) is -1.96. The SMILES string of the molecule is O=C1c2ccc([N+](=O)[O-])cc2C(=O)N1c1cccc(C(F)(F)F)c1. The highest BCUT2D eigenvalue weighted by atomic mass is 19.4. The Hall–Kier alpha value is -3.23. The maximum Gasteiger partial charge on any atom is 0.416 e. The van der Waals surface area contributed by atoms with Crippen LogP contribution in [0.15, 0.2) is 42.5 Å². The van der Waals surface area contributed by atoms with Crippen molar-refractivity contribution in [3.8, 4) is 0 Å². The van der Waals surface area contributed by atoms with Crippen LogP contribution in [0.25, 0.3) is 0 Å². The lowest BCUT2D eigenvalue weighted by Crippen LogP contribution is -2.29. The highest BCUT2D eigenvalue weighted by Crippen LogP contribution is 2.35. The maximum absolute atomic E-state index is 12.8. The third-order valence-corrected chi connectivity index (χ3v) is 3.51. The Morgan fingerprint density at radius 1 is 0.958 bits per heavy atom. The van der Waals surface area contributed by atoms with E-state index in [2.05, 4.69) is 0 Å². The number of anilines is 1. The van der Waals surface area contributed by atoms with E-state index in [1.165, 1.54) is 6.07 Å². The fraction of sp³-hybridized carbons (Fsp3) is 0.0667. The smallest absolute Gasteiger partial charge is 0.268 e. The van der Waals surface area contributed by atoms with Crippen LogP contribution < -0.4 is 4.90 Å². The summed E-state index contributed by atoms with van der Waals surface area (Å²) >= 11 is 0. The first-order valence-electron chi connectivity index (χ1n) is 6.54. The Bertz CT molecular complexity index is 893. The molecule has 0 radical (unpaired) electrons. The zero-order valence-corrected chi connectivity index (χ0v) is 11.7. The number of benzene rings is 2. The molecule has 0 N–H and O–H groups in total. The predicted octanol–water partition coefficient (Wildman–Crippen LogP) is 3.41. The zero-order valence-electron chi connectivity index (χ0n) is 11.7. The number of fused-ring (bicyclic) bond motifs is 1. The first-order valence-corrected chi connectivity index (χ1v) is 6.54. The molecule has 122 valence electrons. The summed E-state index contributed by atoms with van der Waals surface area (Å²) in [6.45, 7) is 0. The lowest BCUT2D eigenvalue weighted by Gasteiger charge is -2.15. The summed E-state index contributed by atoms with van der Waals surface area (Å²) in [4.78, 5) is 35.3. The van der Waals surface area contributed by atoms with Gasteiger partial charge in [-0.15, -0.1) is 0 Å². The molecule has 0 unspecified atom stereocenters. The second kappa shape index (κ2) is 5.15. The van der Waals surface area contributed by atoms with Gasteiger partial charge in [-0.1, -0.05) is 6.07 Å². The molecule has 0 bridgehead atoms. The van der Waals surface area contributed by atoms with Crippen molar-refractivity contribution in [3.63, 3.8) is 0 Å². The molecule has 0 saturated heterocycles. The lowest BCUT2D eigenvalue weighted by atomic mass is 10.1. The molecule has 1 aliphatic rings. The van der Waals surface area contributed by atoms with E-state index in [1.807, 2.05) is 0 Å². The number of hydrogen-bond donors (Lipinski definition) is 0. The average Bonchev–Trinajstić information content (AvgIpc) is 2.77. The van der Waals surface area contributed by atoms with E-state index in [0.29, 0.717) is 11.0 Å². The average molecular weight is 336 g/mol. The number of alkyl halides is 3. The summed E-state index contributed by atoms with van der Waals surface area (Å²) in [6, 6.07) is 6.85. The van der Waals surface area contributed by atoms with Gasteiger partial charge >= 0.3 is 6.18 Å². The van der Waals surface area contributed by atoms with Crippen LogP contribution in [0.3, 0.4) is 0 Å². The largest absolute Gasteiger partial charge is 0.416 e. The molecule has 2 amide bonds. The van der Waals surface area contributed by atoms with Crippen molar-refractivity contribution in [1.29, 1.82) is 0 Å². The van der Waals surface area contributed by atoms with Crippen LogP contribution in [0, 0.1) is 10.1 Å². The molecule has 2 aromatic rings. The van der Waals surface area contributed by atoms with E-state index < -0.39 is 28.5 Å². The molecule has 0 atom stereocenters. The van der Waals surface area contributed by atoms with Crippen molar-refractivity contribution in [3.05, 3.63) is 69.3 Å². The van der Waals surface area contributed by atoms with Crippen LogP contribution in [0.2, 0.25) is 0 Å². The molecule has 24 heavy (non-hydrogen) atoms. The Balaban J connectivity index is 2.07. The monoisotopic (exact) mass is 336 g/mol. The number of hydrogen-bond acceptors (Lipinski definition) is 4. The molecule has 6 nitrogen and oxygen atoms in total. The van der Waals surface area contributed by atoms with Crippen molar-refractivity contribution in [2.75, 3.05) is 4.90 Å². The number of rotatable bonds is 2. The van der Waals surface area contributed by atoms with E-state index in [1.54, 1.807) is 0 Å². The maximum atomic E-state index is 12.8. The Morgan fingerprint density at radius 3 is 2.25 bits per heavy atom. The van der Waals surface area contributed by atoms with Gasteiger partial charge in [-0.25, -0.2) is 4.90 Å². The number of amides is 2. The molecular weight excluding hydrogens is 329 g/mol. The fourth-order valence-corrected chi connectivity index (χ4v) is 2.40. The van der Waals surface area contributed by atoms with Crippen LogP contribution in [-0.4, -0.2) is 16.7 Å². The second-order valence-electron chi connectivity index (χ2n) is 4.98. The standard InChI is InChI=1S/C15H7F3N2O4/c16-15(17,18)8-2-1-3-9(6-8)19-13(21)11-5-4-10(20(23)24)7-12(11)14(19)22/h1-7H. The quantitative estimate of drug-likeness (QED) is 0.478. The van der Waals surface area contributed by atoms with Crippen molar-refractivity contribution in [2.45, 2.75) is 6.18 Å². The van der Waals surface area contributed by atoms with Crippen molar-refractivity contribution in [1.82, 2.24) is 0 Å². The highest BCUT2D eigenvalue weighted by molar-refractivity contribution is 6.34. The molecule has 0 spiro atoms. The molecular formula is C15H7F3N2O4. The summed E-state index contributed by atoms with van der Waals surface area (Å²) in [7, 11) is 0. The van der Waals surface area contributed by atoms with Crippen molar-refractivity contribution < 1.29 is 27.7 Å². The number of nitrogens with zero attached hydrogens (tertiary/aromatic N) is 2. The summed E-state index contributed by atoms with van der Waals surface area (Å²) in [5, 5.41) is 10.8. The van der Waals surface area contributed by atoms with E-state index in [4.69, 9.17) is 0 Å². The Labute approximate surface area is 132 Å². The van der Waals surface area contributed by atoms with Gasteiger partial charge in [-0.05, 0) is 24.3 Å². The van der Waals surface area contributed by atoms with Crippen LogP contribution >= 0.6 is 0 Å². The van der Waals surface area contributed by atoms with Gasteiger partial charge in [0.2, 0.25) is 0 Å². The third kappa shape index (κ3) is 2.39. The molecule has 0 fully saturated rings. The highest BCUT2D eigenvalue weighted by Gasteiger charge is 2.39. The molecule has 3 rings (SSSR count). The van der Waals surface area contributed by atoms with Gasteiger partial charge in [-0.3, -0.25) is 19.7 Å². The normalized spacial score (nSPS) is 14.0.